The summed E-state index contributed by atoms with van der Waals surface area (Å²) >= 11 is 0. The van der Waals surface area contributed by atoms with Crippen LogP contribution < -0.4 is 21.1 Å². The topological polar surface area (TPSA) is 92.2 Å². The zero-order chi connectivity index (χ0) is 26.5. The molecule has 0 radical (unpaired) electrons. The Morgan fingerprint density at radius 3 is 2.30 bits per heavy atom. The second-order valence-corrected chi connectivity index (χ2v) is 8.48. The van der Waals surface area contributed by atoms with Crippen LogP contribution in [-0.4, -0.2) is 40.6 Å². The highest BCUT2D eigenvalue weighted by molar-refractivity contribution is 5.93. The summed E-state index contributed by atoms with van der Waals surface area (Å²) in [7, 11) is 3.46. The number of aromatic nitrogens is 3. The van der Waals surface area contributed by atoms with Gasteiger partial charge in [0.1, 0.15) is 11.6 Å². The van der Waals surface area contributed by atoms with Crippen molar-refractivity contribution in [2.75, 3.05) is 24.3 Å². The number of hydrogen-bond donors (Lipinski definition) is 2. The Bertz CT molecular complexity index is 1460. The molecule has 0 aliphatic carbocycles. The molecular formula is C27H26F2N6O2. The van der Waals surface area contributed by atoms with E-state index in [9.17, 15) is 18.4 Å². The summed E-state index contributed by atoms with van der Waals surface area (Å²) in [6, 6.07) is 13.1. The van der Waals surface area contributed by atoms with Gasteiger partial charge in [0, 0.05) is 24.5 Å². The van der Waals surface area contributed by atoms with Crippen molar-refractivity contribution < 1.29 is 13.6 Å². The van der Waals surface area contributed by atoms with Gasteiger partial charge in [0.25, 0.3) is 5.56 Å². The largest absolute Gasteiger partial charge is 0.343 e. The van der Waals surface area contributed by atoms with Gasteiger partial charge in [-0.2, -0.15) is 0 Å². The van der Waals surface area contributed by atoms with Crippen LogP contribution in [0.4, 0.5) is 26.0 Å². The van der Waals surface area contributed by atoms with Crippen LogP contribution in [-0.2, 0) is 11.3 Å². The van der Waals surface area contributed by atoms with Crippen molar-refractivity contribution in [3.63, 3.8) is 0 Å². The van der Waals surface area contributed by atoms with E-state index in [-0.39, 0.29) is 18.2 Å². The second kappa shape index (κ2) is 11.1. The van der Waals surface area contributed by atoms with Crippen LogP contribution in [0.3, 0.4) is 0 Å². The number of carbonyl (C=O) groups is 1. The van der Waals surface area contributed by atoms with Crippen LogP contribution in [0, 0.1) is 11.6 Å². The SMILES string of the molecule is CNC(C)C(=O)Nc1ncc(-c2ccc(F)cc2)n(Cc2cncc(N(C)c3ccc(F)cc3)c2)c1=O. The average molecular weight is 505 g/mol. The summed E-state index contributed by atoms with van der Waals surface area (Å²) in [5.74, 6) is -1.26. The molecule has 37 heavy (non-hydrogen) atoms. The molecule has 0 aliphatic heterocycles. The average Bonchev–Trinajstić information content (AvgIpc) is 2.91. The van der Waals surface area contributed by atoms with E-state index in [1.165, 1.54) is 35.0 Å². The third-order valence-electron chi connectivity index (χ3n) is 5.98. The third kappa shape index (κ3) is 5.87. The van der Waals surface area contributed by atoms with Gasteiger partial charge in [-0.1, -0.05) is 0 Å². The van der Waals surface area contributed by atoms with Crippen molar-refractivity contribution in [1.82, 2.24) is 19.9 Å². The van der Waals surface area contributed by atoms with Crippen LogP contribution in [0.25, 0.3) is 11.3 Å². The number of carbonyl (C=O) groups excluding carboxylic acids is 1. The van der Waals surface area contributed by atoms with Crippen LogP contribution in [0.2, 0.25) is 0 Å². The Morgan fingerprint density at radius 2 is 1.65 bits per heavy atom. The first-order chi connectivity index (χ1) is 17.8. The van der Waals surface area contributed by atoms with Crippen molar-refractivity contribution in [2.24, 2.45) is 0 Å². The Morgan fingerprint density at radius 1 is 1.00 bits per heavy atom. The minimum absolute atomic E-state index is 0.108. The van der Waals surface area contributed by atoms with E-state index >= 15 is 0 Å². The number of nitrogens with one attached hydrogen (secondary N) is 2. The number of benzene rings is 2. The maximum absolute atomic E-state index is 13.6. The van der Waals surface area contributed by atoms with E-state index < -0.39 is 23.3 Å². The van der Waals surface area contributed by atoms with Gasteiger partial charge in [-0.25, -0.2) is 13.8 Å². The third-order valence-corrected chi connectivity index (χ3v) is 5.98. The zero-order valence-electron chi connectivity index (χ0n) is 20.6. The molecule has 2 heterocycles. The van der Waals surface area contributed by atoms with Gasteiger partial charge in [0.2, 0.25) is 5.91 Å². The number of anilines is 3. The molecule has 10 heteroatoms. The molecular weight excluding hydrogens is 478 g/mol. The maximum atomic E-state index is 13.6. The summed E-state index contributed by atoms with van der Waals surface area (Å²) in [5, 5.41) is 5.39. The highest BCUT2D eigenvalue weighted by Crippen LogP contribution is 2.25. The lowest BCUT2D eigenvalue weighted by Gasteiger charge is -2.20. The molecule has 0 bridgehead atoms. The van der Waals surface area contributed by atoms with E-state index in [4.69, 9.17) is 0 Å². The van der Waals surface area contributed by atoms with Gasteiger partial charge in [0.05, 0.1) is 36.4 Å². The van der Waals surface area contributed by atoms with E-state index in [1.54, 1.807) is 50.6 Å². The summed E-state index contributed by atoms with van der Waals surface area (Å²) in [5.41, 5.74) is 2.70. The fourth-order valence-corrected chi connectivity index (χ4v) is 3.68. The summed E-state index contributed by atoms with van der Waals surface area (Å²) < 4.78 is 28.4. The number of hydrogen-bond acceptors (Lipinski definition) is 6. The standard InChI is InChI=1S/C27H26F2N6O2/c1-17(30-2)26(36)33-25-27(37)35(24(15-32-25)19-4-6-20(28)7-5-19)16-18-12-23(14-31-13-18)34(3)22-10-8-21(29)9-11-22/h4-15,17,30H,16H2,1-3H3,(H,32,33,36). The van der Waals surface area contributed by atoms with Crippen LogP contribution >= 0.6 is 0 Å². The van der Waals surface area contributed by atoms with Crippen molar-refractivity contribution in [1.29, 1.82) is 0 Å². The molecule has 8 nitrogen and oxygen atoms in total. The number of nitrogens with zero attached hydrogens (tertiary/aromatic N) is 4. The molecule has 1 atom stereocenters. The molecule has 4 aromatic rings. The Hall–Kier alpha value is -4.44. The number of rotatable bonds is 8. The molecule has 1 amide bonds. The fourth-order valence-electron chi connectivity index (χ4n) is 3.68. The molecule has 190 valence electrons. The molecule has 4 rings (SSSR count). The quantitative estimate of drug-likeness (QED) is 0.378. The highest BCUT2D eigenvalue weighted by atomic mass is 19.1. The lowest BCUT2D eigenvalue weighted by molar-refractivity contribution is -0.117. The summed E-state index contributed by atoms with van der Waals surface area (Å²) in [6.45, 7) is 1.77. The number of halogens is 2. The van der Waals surface area contributed by atoms with Crippen molar-refractivity contribution >= 4 is 23.1 Å². The van der Waals surface area contributed by atoms with Crippen LogP contribution in [0.15, 0.2) is 78.0 Å². The predicted octanol–water partition coefficient (Wildman–Crippen LogP) is 3.95. The summed E-state index contributed by atoms with van der Waals surface area (Å²) in [6.07, 6.45) is 4.76. The molecule has 0 aliphatic rings. The molecule has 0 saturated carbocycles. The monoisotopic (exact) mass is 504 g/mol. The van der Waals surface area contributed by atoms with E-state index in [0.717, 1.165) is 11.4 Å². The molecule has 0 saturated heterocycles. The van der Waals surface area contributed by atoms with Crippen LogP contribution in [0.5, 0.6) is 0 Å². The first-order valence-electron chi connectivity index (χ1n) is 11.5. The molecule has 2 N–H and O–H groups in total. The zero-order valence-corrected chi connectivity index (χ0v) is 20.6. The van der Waals surface area contributed by atoms with Gasteiger partial charge in [-0.15, -0.1) is 0 Å². The lowest BCUT2D eigenvalue weighted by Crippen LogP contribution is -2.38. The van der Waals surface area contributed by atoms with Crippen molar-refractivity contribution in [2.45, 2.75) is 19.5 Å². The Kier molecular flexibility index (Phi) is 7.69. The Balaban J connectivity index is 1.73. The minimum Gasteiger partial charge on any atom is -0.343 e. The van der Waals surface area contributed by atoms with Gasteiger partial charge in [-0.05, 0) is 74.1 Å². The number of pyridine rings is 1. The first kappa shape index (κ1) is 25.6. The van der Waals surface area contributed by atoms with Gasteiger partial charge in [0.15, 0.2) is 5.82 Å². The first-order valence-corrected chi connectivity index (χ1v) is 11.5. The molecule has 2 aromatic carbocycles. The smallest absolute Gasteiger partial charge is 0.294 e. The normalized spacial score (nSPS) is 11.7. The minimum atomic E-state index is -0.533. The highest BCUT2D eigenvalue weighted by Gasteiger charge is 2.18. The van der Waals surface area contributed by atoms with E-state index in [1.807, 2.05) is 18.0 Å². The summed E-state index contributed by atoms with van der Waals surface area (Å²) in [4.78, 5) is 36.2. The van der Waals surface area contributed by atoms with E-state index in [2.05, 4.69) is 20.6 Å². The molecule has 0 fully saturated rings. The molecule has 0 spiro atoms. The maximum Gasteiger partial charge on any atom is 0.294 e. The molecule has 1 unspecified atom stereocenters. The Labute approximate surface area is 212 Å². The van der Waals surface area contributed by atoms with Gasteiger partial charge in [-0.3, -0.25) is 19.1 Å². The van der Waals surface area contributed by atoms with Gasteiger partial charge < -0.3 is 15.5 Å². The van der Waals surface area contributed by atoms with E-state index in [0.29, 0.717) is 16.8 Å². The number of amides is 1. The lowest BCUT2D eigenvalue weighted by atomic mass is 10.1. The van der Waals surface area contributed by atoms with Crippen molar-refractivity contribution in [3.05, 3.63) is 101 Å². The van der Waals surface area contributed by atoms with Crippen molar-refractivity contribution in [3.8, 4) is 11.3 Å². The fraction of sp³-hybridized carbons (Fsp3) is 0.185. The molecule has 2 aromatic heterocycles. The van der Waals surface area contributed by atoms with Crippen LogP contribution in [0.1, 0.15) is 12.5 Å². The predicted molar refractivity (Wildman–Crippen MR) is 139 cm³/mol. The van der Waals surface area contributed by atoms with Gasteiger partial charge >= 0.3 is 0 Å². The second-order valence-electron chi connectivity index (χ2n) is 8.48. The number of likely N-dealkylation sites (N-methyl/N-ethyl adjacent to an activating group) is 1.